The highest BCUT2D eigenvalue weighted by Gasteiger charge is 2.50. The Morgan fingerprint density at radius 2 is 0.844 bits per heavy atom. The van der Waals surface area contributed by atoms with E-state index in [4.69, 9.17) is 23.7 Å². The molecule has 0 aliphatic carbocycles. The molecular formula is C65H106O12. The van der Waals surface area contributed by atoms with E-state index in [0.29, 0.717) is 25.7 Å². The van der Waals surface area contributed by atoms with Gasteiger partial charge in [-0.15, -0.1) is 0 Å². The number of allylic oxidation sites excluding steroid dienone is 16. The van der Waals surface area contributed by atoms with Gasteiger partial charge in [-0.25, -0.2) is 4.79 Å². The molecule has 0 aromatic rings. The highest BCUT2D eigenvalue weighted by molar-refractivity contribution is 5.74. The van der Waals surface area contributed by atoms with Gasteiger partial charge in [0.05, 0.1) is 6.61 Å². The van der Waals surface area contributed by atoms with E-state index in [1.165, 1.54) is 70.6 Å². The van der Waals surface area contributed by atoms with Crippen LogP contribution in [0.1, 0.15) is 239 Å². The number of aliphatic hydroxyl groups excluding tert-OH is 2. The number of carbonyl (C=O) groups excluding carboxylic acids is 3. The molecule has 6 atom stereocenters. The van der Waals surface area contributed by atoms with Gasteiger partial charge in [0.25, 0.3) is 0 Å². The van der Waals surface area contributed by atoms with Crippen LogP contribution in [0.4, 0.5) is 0 Å². The van der Waals surface area contributed by atoms with Crippen LogP contribution in [0.25, 0.3) is 0 Å². The summed E-state index contributed by atoms with van der Waals surface area (Å²) in [5, 5.41) is 31.4. The van der Waals surface area contributed by atoms with Crippen molar-refractivity contribution in [2.75, 3.05) is 13.2 Å². The van der Waals surface area contributed by atoms with Crippen molar-refractivity contribution in [3.8, 4) is 0 Å². The topological polar surface area (TPSA) is 175 Å². The molecule has 3 N–H and O–H groups in total. The zero-order valence-electron chi connectivity index (χ0n) is 48.2. The monoisotopic (exact) mass is 1080 g/mol. The van der Waals surface area contributed by atoms with E-state index in [9.17, 15) is 34.5 Å². The maximum Gasteiger partial charge on any atom is 0.335 e. The summed E-state index contributed by atoms with van der Waals surface area (Å²) in [4.78, 5) is 51.1. The molecule has 0 aromatic carbocycles. The molecule has 438 valence electrons. The molecule has 0 saturated carbocycles. The van der Waals surface area contributed by atoms with Gasteiger partial charge in [-0.2, -0.15) is 0 Å². The van der Waals surface area contributed by atoms with E-state index in [1.807, 2.05) is 18.2 Å². The molecular weight excluding hydrogens is 973 g/mol. The maximum absolute atomic E-state index is 13.2. The van der Waals surface area contributed by atoms with Crippen molar-refractivity contribution in [1.29, 1.82) is 0 Å². The SMILES string of the molecule is CC/C=C\C/C=C\C/C=C\C/C=C\CCCCCCCCC(=O)OCC(COC1OC(C(=O)O)C(O)C(O)C1OC(=O)CC/C=C\C/C=C\C/C=C\C/C=C\CC)OC(=O)CCCCCCCCCCCCCCCCC. The first-order valence-electron chi connectivity index (χ1n) is 30.2. The van der Waals surface area contributed by atoms with Gasteiger partial charge in [-0.1, -0.05) is 234 Å². The minimum atomic E-state index is -1.93. The van der Waals surface area contributed by atoms with Gasteiger partial charge in [0.1, 0.15) is 18.8 Å². The third kappa shape index (κ3) is 42.3. The quantitative estimate of drug-likeness (QED) is 0.0228. The van der Waals surface area contributed by atoms with E-state index < -0.39 is 67.3 Å². The van der Waals surface area contributed by atoms with Gasteiger partial charge in [-0.05, 0) is 83.5 Å². The average molecular weight is 1080 g/mol. The van der Waals surface area contributed by atoms with Crippen LogP contribution >= 0.6 is 0 Å². The minimum Gasteiger partial charge on any atom is -0.479 e. The number of aliphatic carboxylic acids is 1. The van der Waals surface area contributed by atoms with E-state index in [2.05, 4.69) is 99.8 Å². The van der Waals surface area contributed by atoms with Crippen molar-refractivity contribution >= 4 is 23.9 Å². The Balaban J connectivity index is 2.71. The molecule has 1 fully saturated rings. The van der Waals surface area contributed by atoms with Crippen LogP contribution in [-0.4, -0.2) is 89.2 Å². The number of unbranched alkanes of at least 4 members (excludes halogenated alkanes) is 20. The van der Waals surface area contributed by atoms with Crippen LogP contribution in [0.5, 0.6) is 0 Å². The Morgan fingerprint density at radius 3 is 1.30 bits per heavy atom. The largest absolute Gasteiger partial charge is 0.479 e. The number of carbonyl (C=O) groups is 4. The molecule has 1 rings (SSSR count). The fourth-order valence-electron chi connectivity index (χ4n) is 8.61. The van der Waals surface area contributed by atoms with Crippen molar-refractivity contribution in [3.05, 3.63) is 97.2 Å². The number of carboxylic acids is 1. The number of hydrogen-bond donors (Lipinski definition) is 3. The van der Waals surface area contributed by atoms with Gasteiger partial charge in [0.2, 0.25) is 0 Å². The lowest BCUT2D eigenvalue weighted by molar-refractivity contribution is -0.301. The maximum atomic E-state index is 13.2. The molecule has 0 radical (unpaired) electrons. The first-order valence-corrected chi connectivity index (χ1v) is 30.2. The van der Waals surface area contributed by atoms with E-state index in [-0.39, 0.29) is 25.9 Å². The van der Waals surface area contributed by atoms with Crippen LogP contribution in [-0.2, 0) is 42.9 Å². The minimum absolute atomic E-state index is 0.0647. The molecule has 1 aliphatic rings. The number of aliphatic hydroxyl groups is 2. The highest BCUT2D eigenvalue weighted by atomic mass is 16.7. The van der Waals surface area contributed by atoms with Crippen LogP contribution in [0.3, 0.4) is 0 Å². The third-order valence-corrected chi connectivity index (χ3v) is 13.2. The Bertz CT molecular complexity index is 1710. The molecule has 12 heteroatoms. The van der Waals surface area contributed by atoms with Gasteiger partial charge in [0.15, 0.2) is 24.6 Å². The molecule has 0 amide bonds. The Hall–Kier alpha value is -4.36. The fourth-order valence-corrected chi connectivity index (χ4v) is 8.61. The van der Waals surface area contributed by atoms with E-state index in [1.54, 1.807) is 0 Å². The molecule has 6 unspecified atom stereocenters. The van der Waals surface area contributed by atoms with Gasteiger partial charge < -0.3 is 39.0 Å². The Kier molecular flexibility index (Phi) is 48.0. The first-order chi connectivity index (χ1) is 37.6. The average Bonchev–Trinajstić information content (AvgIpc) is 3.42. The summed E-state index contributed by atoms with van der Waals surface area (Å²) in [6.07, 6.45) is 56.8. The molecule has 1 aliphatic heterocycles. The second-order valence-electron chi connectivity index (χ2n) is 20.2. The number of esters is 3. The van der Waals surface area contributed by atoms with Crippen LogP contribution in [0.15, 0.2) is 97.2 Å². The predicted molar refractivity (Wildman–Crippen MR) is 312 cm³/mol. The summed E-state index contributed by atoms with van der Waals surface area (Å²) in [5.41, 5.74) is 0. The summed E-state index contributed by atoms with van der Waals surface area (Å²) in [6.45, 7) is 5.72. The lowest BCUT2D eigenvalue weighted by atomic mass is 9.98. The van der Waals surface area contributed by atoms with E-state index in [0.717, 1.165) is 103 Å². The molecule has 1 heterocycles. The zero-order chi connectivity index (χ0) is 56.1. The highest BCUT2D eigenvalue weighted by Crippen LogP contribution is 2.26. The van der Waals surface area contributed by atoms with Crippen molar-refractivity contribution in [2.24, 2.45) is 0 Å². The Morgan fingerprint density at radius 1 is 0.442 bits per heavy atom. The second-order valence-corrected chi connectivity index (χ2v) is 20.2. The van der Waals surface area contributed by atoms with Crippen molar-refractivity contribution in [1.82, 2.24) is 0 Å². The smallest absolute Gasteiger partial charge is 0.335 e. The Labute approximate surface area is 466 Å². The summed E-state index contributed by atoms with van der Waals surface area (Å²) < 4.78 is 28.3. The summed E-state index contributed by atoms with van der Waals surface area (Å²) in [7, 11) is 0. The standard InChI is InChI=1S/C65H106O12/c1-4-7-10-13-16-19-22-25-27-28-29-30-32-34-36-39-42-45-48-51-57(66)73-54-56(75-58(67)52-49-46-43-40-38-35-31-26-23-20-17-14-11-8-5-2)55-74-65-63(61(70)60(69)62(77-65)64(71)72)76-59(68)53-50-47-44-41-37-33-24-21-18-15-12-9-6-3/h7,9-10,12,16,18-19,21,25,27,29-30,33,37,44,47,56,60-63,65,69-70H,4-6,8,11,13-15,17,20,22-24,26,28,31-32,34-36,38-43,45-46,48-55H2,1-3H3,(H,71,72)/b10-7-,12-9-,19-16-,21-18-,27-25-,30-29-,37-33-,47-44-. The lowest BCUT2D eigenvalue weighted by Gasteiger charge is -2.40. The molecule has 0 aromatic heterocycles. The number of carboxylic acid groups (broad SMARTS) is 1. The molecule has 77 heavy (non-hydrogen) atoms. The normalized spacial score (nSPS) is 18.7. The third-order valence-electron chi connectivity index (χ3n) is 13.2. The molecule has 0 spiro atoms. The van der Waals surface area contributed by atoms with Crippen LogP contribution in [0, 0.1) is 0 Å². The van der Waals surface area contributed by atoms with Crippen molar-refractivity contribution < 1.29 is 58.2 Å². The van der Waals surface area contributed by atoms with Crippen molar-refractivity contribution in [2.45, 2.75) is 276 Å². The second kappa shape index (κ2) is 52.3. The fraction of sp³-hybridized carbons (Fsp3) is 0.692. The van der Waals surface area contributed by atoms with Gasteiger partial charge in [0, 0.05) is 19.3 Å². The molecule has 12 nitrogen and oxygen atoms in total. The number of rotatable bonds is 50. The van der Waals surface area contributed by atoms with Gasteiger partial charge in [-0.3, -0.25) is 14.4 Å². The van der Waals surface area contributed by atoms with E-state index >= 15 is 0 Å². The van der Waals surface area contributed by atoms with Crippen LogP contribution < -0.4 is 0 Å². The lowest BCUT2D eigenvalue weighted by Crippen LogP contribution is -2.61. The summed E-state index contributed by atoms with van der Waals surface area (Å²) in [6, 6.07) is 0. The number of hydrogen-bond acceptors (Lipinski definition) is 11. The zero-order valence-corrected chi connectivity index (χ0v) is 48.2. The first kappa shape index (κ1) is 70.7. The summed E-state index contributed by atoms with van der Waals surface area (Å²) in [5.74, 6) is -3.24. The van der Waals surface area contributed by atoms with Gasteiger partial charge >= 0.3 is 23.9 Å². The number of ether oxygens (including phenoxy) is 5. The van der Waals surface area contributed by atoms with Crippen molar-refractivity contribution in [3.63, 3.8) is 0 Å². The molecule has 0 bridgehead atoms. The van der Waals surface area contributed by atoms with Crippen LogP contribution in [0.2, 0.25) is 0 Å². The molecule has 1 saturated heterocycles. The summed E-state index contributed by atoms with van der Waals surface area (Å²) >= 11 is 0. The predicted octanol–water partition coefficient (Wildman–Crippen LogP) is 15.7.